The van der Waals surface area contributed by atoms with Crippen molar-refractivity contribution in [3.05, 3.63) is 63.6 Å². The van der Waals surface area contributed by atoms with Crippen molar-refractivity contribution in [2.75, 3.05) is 18.0 Å². The van der Waals surface area contributed by atoms with Crippen LogP contribution < -0.4 is 10.2 Å². The summed E-state index contributed by atoms with van der Waals surface area (Å²) in [4.78, 5) is 15.2. The molecule has 1 unspecified atom stereocenters. The van der Waals surface area contributed by atoms with Crippen molar-refractivity contribution in [1.29, 1.82) is 0 Å². The number of anilines is 1. The highest BCUT2D eigenvalue weighted by atomic mass is 79.9. The molecule has 2 aromatic rings. The maximum atomic E-state index is 12.9. The SMILES string of the molecule is O=C(NC1CCN(c2ccccc2Br)C1)C1(c2ccc(Cl)cc2)CC1. The van der Waals surface area contributed by atoms with E-state index in [1.54, 1.807) is 0 Å². The number of hydrogen-bond donors (Lipinski definition) is 1. The van der Waals surface area contributed by atoms with Crippen LogP contribution in [0.1, 0.15) is 24.8 Å². The predicted octanol–water partition coefficient (Wildman–Crippen LogP) is 4.53. The Morgan fingerprint density at radius 3 is 2.56 bits per heavy atom. The maximum Gasteiger partial charge on any atom is 0.230 e. The fourth-order valence-electron chi connectivity index (χ4n) is 3.67. The number of hydrogen-bond acceptors (Lipinski definition) is 2. The van der Waals surface area contributed by atoms with E-state index in [2.05, 4.69) is 38.3 Å². The summed E-state index contributed by atoms with van der Waals surface area (Å²) in [5.41, 5.74) is 1.93. The molecule has 4 rings (SSSR count). The zero-order chi connectivity index (χ0) is 17.4. The third-order valence-electron chi connectivity index (χ3n) is 5.30. The lowest BCUT2D eigenvalue weighted by Gasteiger charge is -2.22. The average molecular weight is 420 g/mol. The van der Waals surface area contributed by atoms with Crippen molar-refractivity contribution in [3.63, 3.8) is 0 Å². The van der Waals surface area contributed by atoms with Crippen LogP contribution in [0.25, 0.3) is 0 Å². The van der Waals surface area contributed by atoms with Gasteiger partial charge in [0.05, 0.1) is 11.1 Å². The number of benzene rings is 2. The van der Waals surface area contributed by atoms with Gasteiger partial charge in [0.2, 0.25) is 5.91 Å². The Kier molecular flexibility index (Phi) is 4.50. The standard InChI is InChI=1S/C20H20BrClN2O/c21-17-3-1-2-4-18(17)24-12-9-16(13-24)23-19(25)20(10-11-20)14-5-7-15(22)8-6-14/h1-8,16H,9-13H2,(H,23,25). The van der Waals surface area contributed by atoms with E-state index < -0.39 is 0 Å². The minimum absolute atomic E-state index is 0.161. The molecule has 5 heteroatoms. The monoisotopic (exact) mass is 418 g/mol. The van der Waals surface area contributed by atoms with Crippen LogP contribution in [0, 0.1) is 0 Å². The van der Waals surface area contributed by atoms with E-state index in [4.69, 9.17) is 11.6 Å². The van der Waals surface area contributed by atoms with E-state index in [-0.39, 0.29) is 17.4 Å². The number of carbonyl (C=O) groups is 1. The van der Waals surface area contributed by atoms with Crippen LogP contribution in [0.2, 0.25) is 5.02 Å². The lowest BCUT2D eigenvalue weighted by molar-refractivity contribution is -0.124. The van der Waals surface area contributed by atoms with Crippen LogP contribution in [0.15, 0.2) is 53.0 Å². The minimum atomic E-state index is -0.342. The summed E-state index contributed by atoms with van der Waals surface area (Å²) in [6.07, 6.45) is 2.81. The van der Waals surface area contributed by atoms with Crippen LogP contribution in [0.3, 0.4) is 0 Å². The molecule has 1 atom stereocenters. The number of nitrogens with zero attached hydrogens (tertiary/aromatic N) is 1. The Hall–Kier alpha value is -1.52. The van der Waals surface area contributed by atoms with Crippen LogP contribution in [0.5, 0.6) is 0 Å². The van der Waals surface area contributed by atoms with Gasteiger partial charge in [-0.05, 0) is 65.0 Å². The first-order valence-corrected chi connectivity index (χ1v) is 9.82. The molecule has 130 valence electrons. The zero-order valence-corrected chi connectivity index (χ0v) is 16.2. The number of rotatable bonds is 4. The summed E-state index contributed by atoms with van der Waals surface area (Å²) in [7, 11) is 0. The molecule has 3 nitrogen and oxygen atoms in total. The molecule has 1 aliphatic heterocycles. The molecule has 0 spiro atoms. The number of halogens is 2. The first kappa shape index (κ1) is 16.9. The summed E-state index contributed by atoms with van der Waals surface area (Å²) in [5.74, 6) is 0.161. The molecule has 2 aromatic carbocycles. The molecule has 0 aromatic heterocycles. The highest BCUT2D eigenvalue weighted by molar-refractivity contribution is 9.10. The van der Waals surface area contributed by atoms with Gasteiger partial charge >= 0.3 is 0 Å². The molecule has 1 heterocycles. The van der Waals surface area contributed by atoms with Crippen LogP contribution in [0.4, 0.5) is 5.69 Å². The van der Waals surface area contributed by atoms with E-state index in [9.17, 15) is 4.79 Å². The molecule has 2 aliphatic rings. The Morgan fingerprint density at radius 1 is 1.16 bits per heavy atom. The molecule has 2 fully saturated rings. The highest BCUT2D eigenvalue weighted by Crippen LogP contribution is 2.48. The topological polar surface area (TPSA) is 32.3 Å². The number of amides is 1. The van der Waals surface area contributed by atoms with Crippen molar-refractivity contribution in [3.8, 4) is 0 Å². The summed E-state index contributed by atoms with van der Waals surface area (Å²) < 4.78 is 1.10. The van der Waals surface area contributed by atoms with Crippen molar-refractivity contribution in [1.82, 2.24) is 5.32 Å². The lowest BCUT2D eigenvalue weighted by Crippen LogP contribution is -2.43. The molecule has 0 radical (unpaired) electrons. The molecule has 0 bridgehead atoms. The maximum absolute atomic E-state index is 12.9. The van der Waals surface area contributed by atoms with Crippen LogP contribution >= 0.6 is 27.5 Å². The molecule has 1 aliphatic carbocycles. The summed E-state index contributed by atoms with van der Waals surface area (Å²) in [6, 6.07) is 16.1. The van der Waals surface area contributed by atoms with E-state index in [0.29, 0.717) is 5.02 Å². The molecular formula is C20H20BrClN2O. The van der Waals surface area contributed by atoms with E-state index >= 15 is 0 Å². The second-order valence-electron chi connectivity index (χ2n) is 6.95. The normalized spacial score (nSPS) is 21.2. The van der Waals surface area contributed by atoms with Crippen molar-refractivity contribution in [2.45, 2.75) is 30.7 Å². The Labute approximate surface area is 161 Å². The van der Waals surface area contributed by atoms with Gasteiger partial charge in [-0.3, -0.25) is 4.79 Å². The molecule has 1 amide bonds. The molecule has 1 saturated heterocycles. The quantitative estimate of drug-likeness (QED) is 0.790. The van der Waals surface area contributed by atoms with Gasteiger partial charge in [-0.1, -0.05) is 35.9 Å². The second-order valence-corrected chi connectivity index (χ2v) is 8.24. The molecule has 1 N–H and O–H groups in total. The van der Waals surface area contributed by atoms with Gasteiger partial charge < -0.3 is 10.2 Å². The van der Waals surface area contributed by atoms with Crippen molar-refractivity contribution in [2.24, 2.45) is 0 Å². The smallest absolute Gasteiger partial charge is 0.230 e. The van der Waals surface area contributed by atoms with Gasteiger partial charge in [-0.15, -0.1) is 0 Å². The fraction of sp³-hybridized carbons (Fsp3) is 0.350. The van der Waals surface area contributed by atoms with Gasteiger partial charge in [0.25, 0.3) is 0 Å². The van der Waals surface area contributed by atoms with Crippen molar-refractivity contribution >= 4 is 39.1 Å². The van der Waals surface area contributed by atoms with Gasteiger partial charge in [-0.25, -0.2) is 0 Å². The first-order valence-electron chi connectivity index (χ1n) is 8.65. The van der Waals surface area contributed by atoms with E-state index in [1.165, 1.54) is 5.69 Å². The van der Waals surface area contributed by atoms with Gasteiger partial charge in [-0.2, -0.15) is 0 Å². The largest absolute Gasteiger partial charge is 0.368 e. The number of carbonyl (C=O) groups excluding carboxylic acids is 1. The average Bonchev–Trinajstić information content (AvgIpc) is 3.30. The zero-order valence-electron chi connectivity index (χ0n) is 13.8. The van der Waals surface area contributed by atoms with E-state index in [1.807, 2.05) is 36.4 Å². The summed E-state index contributed by atoms with van der Waals surface area (Å²) in [5, 5.41) is 3.99. The summed E-state index contributed by atoms with van der Waals surface area (Å²) >= 11 is 9.59. The third-order valence-corrected chi connectivity index (χ3v) is 6.22. The number of para-hydroxylation sites is 1. The second kappa shape index (κ2) is 6.65. The van der Waals surface area contributed by atoms with Gasteiger partial charge in [0, 0.05) is 28.6 Å². The molecular weight excluding hydrogens is 400 g/mol. The Bertz CT molecular complexity index is 789. The van der Waals surface area contributed by atoms with E-state index in [0.717, 1.165) is 42.4 Å². The first-order chi connectivity index (χ1) is 12.1. The Morgan fingerprint density at radius 2 is 1.88 bits per heavy atom. The molecule has 1 saturated carbocycles. The van der Waals surface area contributed by atoms with Gasteiger partial charge in [0.15, 0.2) is 0 Å². The summed E-state index contributed by atoms with van der Waals surface area (Å²) in [6.45, 7) is 1.81. The van der Waals surface area contributed by atoms with Crippen LogP contribution in [-0.2, 0) is 10.2 Å². The fourth-order valence-corrected chi connectivity index (χ4v) is 4.33. The third kappa shape index (κ3) is 3.30. The lowest BCUT2D eigenvalue weighted by atomic mass is 9.94. The minimum Gasteiger partial charge on any atom is -0.368 e. The van der Waals surface area contributed by atoms with Crippen LogP contribution in [-0.4, -0.2) is 25.0 Å². The number of nitrogens with one attached hydrogen (secondary N) is 1. The predicted molar refractivity (Wildman–Crippen MR) is 105 cm³/mol. The Balaban J connectivity index is 1.42. The highest BCUT2D eigenvalue weighted by Gasteiger charge is 2.51. The molecule has 25 heavy (non-hydrogen) atoms. The van der Waals surface area contributed by atoms with Gasteiger partial charge in [0.1, 0.15) is 0 Å². The van der Waals surface area contributed by atoms with Crippen molar-refractivity contribution < 1.29 is 4.79 Å².